The van der Waals surface area contributed by atoms with Crippen LogP contribution >= 0.6 is 21.6 Å². The molecule has 1 aliphatic rings. The molecule has 0 spiro atoms. The van der Waals surface area contributed by atoms with Gasteiger partial charge in [0.15, 0.2) is 0 Å². The Morgan fingerprint density at radius 2 is 2.80 bits per heavy atom. The fourth-order valence-electron chi connectivity index (χ4n) is 0.170. The topological polar surface area (TPSA) is 12.0 Å². The monoisotopic (exact) mass is 106 g/mol. The molecule has 0 aromatic carbocycles. The van der Waals surface area contributed by atoms with Gasteiger partial charge in [-0.25, -0.2) is 0 Å². The maximum atomic E-state index is 3.02. The maximum absolute atomic E-state index is 3.02. The maximum Gasteiger partial charge on any atom is 0.0903 e. The quantitative estimate of drug-likeness (QED) is 0.463. The first kappa shape index (κ1) is 3.84. The lowest BCUT2D eigenvalue weighted by atomic mass is 11.2. The first-order valence-corrected chi connectivity index (χ1v) is 3.72. The van der Waals surface area contributed by atoms with Gasteiger partial charge in [-0.3, -0.25) is 5.32 Å². The van der Waals surface area contributed by atoms with E-state index in [1.807, 2.05) is 16.7 Å². The Labute approximate surface area is 39.3 Å². The van der Waals surface area contributed by atoms with Gasteiger partial charge in [-0.2, -0.15) is 0 Å². The fraction of sp³-hybridized carbons (Fsp3) is 0.500. The van der Waals surface area contributed by atoms with Crippen molar-refractivity contribution in [2.24, 2.45) is 0 Å². The molecule has 0 aromatic heterocycles. The molecule has 29 valence electrons. The molecule has 1 saturated heterocycles. The van der Waals surface area contributed by atoms with Crippen LogP contribution < -0.4 is 5.32 Å². The first-order chi connectivity index (χ1) is 2.50. The van der Waals surface area contributed by atoms with E-state index in [1.165, 1.54) is 0 Å². The molecule has 0 atom stereocenters. The van der Waals surface area contributed by atoms with E-state index in [0.717, 1.165) is 5.88 Å². The van der Waals surface area contributed by atoms with Crippen molar-refractivity contribution in [2.75, 3.05) is 5.88 Å². The first-order valence-electron chi connectivity index (χ1n) is 1.33. The predicted octanol–water partition coefficient (Wildman–Crippen LogP) is 1.05. The summed E-state index contributed by atoms with van der Waals surface area (Å²) in [7, 11) is 3.58. The molecule has 1 fully saturated rings. The van der Waals surface area contributed by atoms with E-state index in [9.17, 15) is 0 Å². The van der Waals surface area contributed by atoms with Crippen LogP contribution in [0.25, 0.3) is 0 Å². The van der Waals surface area contributed by atoms with Gasteiger partial charge in [-0.05, 0) is 0 Å². The van der Waals surface area contributed by atoms with Crippen LogP contribution in [-0.4, -0.2) is 5.88 Å². The lowest BCUT2D eigenvalue weighted by Gasteiger charge is -1.71. The average Bonchev–Trinajstić information content (AvgIpc) is 1.76. The van der Waals surface area contributed by atoms with Crippen molar-refractivity contribution in [1.29, 1.82) is 0 Å². The van der Waals surface area contributed by atoms with Crippen molar-refractivity contribution in [3.05, 3.63) is 5.88 Å². The summed E-state index contributed by atoms with van der Waals surface area (Å²) in [5.41, 5.74) is 0. The van der Waals surface area contributed by atoms with E-state index in [2.05, 4.69) is 5.32 Å². The Morgan fingerprint density at radius 3 is 3.00 bits per heavy atom. The second-order valence-corrected chi connectivity index (χ2v) is 2.92. The van der Waals surface area contributed by atoms with Gasteiger partial charge in [0, 0.05) is 0 Å². The average molecular weight is 106 g/mol. The van der Waals surface area contributed by atoms with Crippen molar-refractivity contribution in [1.82, 2.24) is 5.32 Å². The molecule has 0 bridgehead atoms. The fourth-order valence-corrected chi connectivity index (χ4v) is 1.53. The van der Waals surface area contributed by atoms with Crippen molar-refractivity contribution in [3.63, 3.8) is 0 Å². The molecule has 5 heavy (non-hydrogen) atoms. The van der Waals surface area contributed by atoms with Gasteiger partial charge in [0.25, 0.3) is 0 Å². The van der Waals surface area contributed by atoms with E-state index in [1.54, 1.807) is 10.8 Å². The summed E-state index contributed by atoms with van der Waals surface area (Å²) in [5.74, 6) is 3.06. The molecule has 0 unspecified atom stereocenters. The van der Waals surface area contributed by atoms with Gasteiger partial charge in [0.1, 0.15) is 0 Å². The summed E-state index contributed by atoms with van der Waals surface area (Å²) in [4.78, 5) is 0. The van der Waals surface area contributed by atoms with Crippen LogP contribution in [0, 0.1) is 5.88 Å². The highest BCUT2D eigenvalue weighted by Crippen LogP contribution is 2.26. The third-order valence-corrected chi connectivity index (χ3v) is 2.08. The lowest BCUT2D eigenvalue weighted by Crippen LogP contribution is -1.96. The third-order valence-electron chi connectivity index (χ3n) is 0.342. The Bertz CT molecular complexity index is 19.2. The summed E-state index contributed by atoms with van der Waals surface area (Å²) in [6.45, 7) is 0. The molecule has 1 rings (SSSR count). The molecule has 0 aliphatic carbocycles. The Hall–Kier alpha value is 0.660. The van der Waals surface area contributed by atoms with Gasteiger partial charge in [-0.15, -0.1) is 0 Å². The van der Waals surface area contributed by atoms with Crippen LogP contribution in [-0.2, 0) is 0 Å². The third kappa shape index (κ3) is 1.03. The van der Waals surface area contributed by atoms with E-state index in [-0.39, 0.29) is 0 Å². The van der Waals surface area contributed by atoms with Gasteiger partial charge < -0.3 is 0 Å². The summed E-state index contributed by atoms with van der Waals surface area (Å²) in [5, 5.41) is 3.02. The smallest absolute Gasteiger partial charge is 0.0903 e. The molecule has 1 aliphatic heterocycles. The number of hydrogen-bond donors (Lipinski definition) is 1. The van der Waals surface area contributed by atoms with Crippen molar-refractivity contribution < 1.29 is 0 Å². The van der Waals surface area contributed by atoms with E-state index in [4.69, 9.17) is 0 Å². The summed E-state index contributed by atoms with van der Waals surface area (Å²) in [6.07, 6.45) is 0. The zero-order chi connectivity index (χ0) is 3.54. The molecule has 1 heterocycles. The minimum Gasteiger partial charge on any atom is -0.293 e. The zero-order valence-electron chi connectivity index (χ0n) is 2.60. The van der Waals surface area contributed by atoms with Gasteiger partial charge in [-0.1, -0.05) is 21.6 Å². The van der Waals surface area contributed by atoms with Crippen LogP contribution in [0.1, 0.15) is 0 Å². The second kappa shape index (κ2) is 1.95. The number of hydrogen-bond acceptors (Lipinski definition) is 3. The van der Waals surface area contributed by atoms with Gasteiger partial charge in [0.2, 0.25) is 0 Å². The van der Waals surface area contributed by atoms with Crippen LogP contribution in [0.5, 0.6) is 0 Å². The van der Waals surface area contributed by atoms with Crippen molar-refractivity contribution in [3.8, 4) is 0 Å². The molecular weight excluding hydrogens is 102 g/mol. The zero-order valence-corrected chi connectivity index (χ0v) is 4.23. The molecular formula is C2H4NS2. The Morgan fingerprint density at radius 1 is 1.80 bits per heavy atom. The van der Waals surface area contributed by atoms with Crippen LogP contribution in [0.4, 0.5) is 0 Å². The predicted molar refractivity (Wildman–Crippen MR) is 27.5 cm³/mol. The van der Waals surface area contributed by atoms with Crippen molar-refractivity contribution in [2.45, 2.75) is 0 Å². The molecule has 1 nitrogen and oxygen atoms in total. The SMILES string of the molecule is [CH]1NCSS1. The second-order valence-electron chi connectivity index (χ2n) is 0.680. The molecule has 1 radical (unpaired) electrons. The van der Waals surface area contributed by atoms with Gasteiger partial charge >= 0.3 is 0 Å². The molecule has 0 saturated carbocycles. The van der Waals surface area contributed by atoms with E-state index >= 15 is 0 Å². The van der Waals surface area contributed by atoms with E-state index in [0.29, 0.717) is 0 Å². The largest absolute Gasteiger partial charge is 0.293 e. The molecule has 3 heteroatoms. The minimum absolute atomic E-state index is 1.07. The lowest BCUT2D eigenvalue weighted by molar-refractivity contribution is 1.05. The van der Waals surface area contributed by atoms with Crippen molar-refractivity contribution >= 4 is 21.6 Å². The van der Waals surface area contributed by atoms with Crippen LogP contribution in [0.3, 0.4) is 0 Å². The molecule has 0 aromatic rings. The van der Waals surface area contributed by atoms with E-state index < -0.39 is 0 Å². The summed E-state index contributed by atoms with van der Waals surface area (Å²) >= 11 is 0. The Balaban J connectivity index is 2.08. The molecule has 1 N–H and O–H groups in total. The summed E-state index contributed by atoms with van der Waals surface area (Å²) in [6, 6.07) is 0. The highest BCUT2D eigenvalue weighted by molar-refractivity contribution is 8.77. The highest BCUT2D eigenvalue weighted by atomic mass is 33.1. The number of rotatable bonds is 0. The normalized spacial score (nSPS) is 24.0. The van der Waals surface area contributed by atoms with Crippen LogP contribution in [0.15, 0.2) is 0 Å². The van der Waals surface area contributed by atoms with Gasteiger partial charge in [0.05, 0.1) is 11.8 Å². The Kier molecular flexibility index (Phi) is 1.50. The highest BCUT2D eigenvalue weighted by Gasteiger charge is 1.95. The minimum atomic E-state index is 1.07. The van der Waals surface area contributed by atoms with Crippen LogP contribution in [0.2, 0.25) is 0 Å². The number of nitrogens with one attached hydrogen (secondary N) is 1. The summed E-state index contributed by atoms with van der Waals surface area (Å²) < 4.78 is 0. The molecule has 0 amide bonds. The standard InChI is InChI=1S/C2H4NS2/c1-3-2-5-4-1/h1,3H,2H2.